The summed E-state index contributed by atoms with van der Waals surface area (Å²) < 4.78 is 11.2. The van der Waals surface area contributed by atoms with Crippen molar-refractivity contribution < 1.29 is 14.3 Å². The molecule has 7 heteroatoms. The molecule has 7 nitrogen and oxygen atoms in total. The average molecular weight is 437 g/mol. The van der Waals surface area contributed by atoms with Gasteiger partial charge in [-0.05, 0) is 61.5 Å². The number of esters is 1. The van der Waals surface area contributed by atoms with Crippen LogP contribution >= 0.6 is 0 Å². The van der Waals surface area contributed by atoms with Crippen LogP contribution in [-0.4, -0.2) is 62.2 Å². The minimum Gasteiger partial charge on any atom is -0.494 e. The first kappa shape index (κ1) is 23.6. The van der Waals surface area contributed by atoms with Crippen molar-refractivity contribution in [2.45, 2.75) is 26.4 Å². The molecule has 0 bridgehead atoms. The van der Waals surface area contributed by atoms with Gasteiger partial charge in [0.15, 0.2) is 0 Å². The van der Waals surface area contributed by atoms with E-state index in [1.54, 1.807) is 12.1 Å². The lowest BCUT2D eigenvalue weighted by Crippen LogP contribution is -2.43. The van der Waals surface area contributed by atoms with Crippen molar-refractivity contribution in [3.8, 4) is 11.8 Å². The first-order valence-corrected chi connectivity index (χ1v) is 11.0. The Morgan fingerprint density at radius 1 is 1.16 bits per heavy atom. The van der Waals surface area contributed by atoms with Crippen molar-refractivity contribution in [1.82, 2.24) is 9.80 Å². The minimum absolute atomic E-state index is 0.193. The van der Waals surface area contributed by atoms with Crippen LogP contribution in [0.5, 0.6) is 5.75 Å². The molecule has 1 atom stereocenters. The number of piperazine rings is 1. The number of rotatable bonds is 9. The number of hydrogen-bond donors (Lipinski definition) is 1. The second-order valence-corrected chi connectivity index (χ2v) is 8.11. The summed E-state index contributed by atoms with van der Waals surface area (Å²) in [5.74, 6) is 0.485. The molecule has 2 aromatic rings. The number of nitriles is 1. The molecule has 0 aliphatic carbocycles. The topological polar surface area (TPSA) is 77.8 Å². The maximum absolute atomic E-state index is 11.5. The van der Waals surface area contributed by atoms with Crippen molar-refractivity contribution in [2.24, 2.45) is 0 Å². The number of nitrogens with zero attached hydrogens (tertiary/aromatic N) is 3. The zero-order valence-electron chi connectivity index (χ0n) is 19.1. The summed E-state index contributed by atoms with van der Waals surface area (Å²) in [6.07, 6.45) is 0. The van der Waals surface area contributed by atoms with Gasteiger partial charge in [-0.15, -0.1) is 0 Å². The van der Waals surface area contributed by atoms with E-state index in [0.29, 0.717) is 12.2 Å². The fraction of sp³-hybridized carbons (Fsp3) is 0.440. The molecule has 0 amide bonds. The Morgan fingerprint density at radius 3 is 2.50 bits per heavy atom. The predicted octanol–water partition coefficient (Wildman–Crippen LogP) is 3.42. The fourth-order valence-electron chi connectivity index (χ4n) is 3.76. The summed E-state index contributed by atoms with van der Waals surface area (Å²) in [5.41, 5.74) is 3.61. The van der Waals surface area contributed by atoms with Crippen LogP contribution in [0, 0.1) is 11.3 Å². The molecule has 2 aromatic carbocycles. The van der Waals surface area contributed by atoms with Gasteiger partial charge in [0.05, 0.1) is 24.3 Å². The highest BCUT2D eigenvalue weighted by molar-refractivity contribution is 5.66. The number of hydrogen-bond acceptors (Lipinski definition) is 7. The molecule has 1 N–H and O–H groups in total. The van der Waals surface area contributed by atoms with E-state index in [1.165, 1.54) is 12.5 Å². The number of ether oxygens (including phenoxy) is 2. The molecule has 3 rings (SSSR count). The number of carbonyl (C=O) groups is 1. The third-order valence-corrected chi connectivity index (χ3v) is 5.51. The number of benzene rings is 2. The molecule has 0 spiro atoms. The molecule has 0 aromatic heterocycles. The van der Waals surface area contributed by atoms with Gasteiger partial charge in [0.2, 0.25) is 0 Å². The third kappa shape index (κ3) is 6.98. The van der Waals surface area contributed by atoms with Crippen molar-refractivity contribution >= 4 is 11.7 Å². The average Bonchev–Trinajstić information content (AvgIpc) is 2.78. The van der Waals surface area contributed by atoms with E-state index in [-0.39, 0.29) is 18.6 Å². The first-order chi connectivity index (χ1) is 15.5. The molecule has 1 fully saturated rings. The zero-order valence-corrected chi connectivity index (χ0v) is 19.1. The van der Waals surface area contributed by atoms with Gasteiger partial charge in [0.1, 0.15) is 12.4 Å². The molecule has 32 heavy (non-hydrogen) atoms. The quantitative estimate of drug-likeness (QED) is 0.604. The van der Waals surface area contributed by atoms with Crippen LogP contribution < -0.4 is 10.1 Å². The standard InChI is InChI=1S/C25H32N4O3/c1-4-31-24-14-21(17-29-11-9-28(3)10-12-29)13-22(15-24)25(18-32-19(2)30)27-23-7-5-20(16-26)6-8-23/h5-8,13-15,25,27H,4,9-12,17-18H2,1-3H3. The molecule has 1 aliphatic heterocycles. The summed E-state index contributed by atoms with van der Waals surface area (Å²) in [6.45, 7) is 9.19. The minimum atomic E-state index is -0.324. The van der Waals surface area contributed by atoms with Crippen LogP contribution in [0.2, 0.25) is 0 Å². The summed E-state index contributed by atoms with van der Waals surface area (Å²) in [5, 5.41) is 12.5. The van der Waals surface area contributed by atoms with Crippen LogP contribution in [0.4, 0.5) is 5.69 Å². The van der Waals surface area contributed by atoms with Crippen molar-refractivity contribution in [3.05, 3.63) is 59.2 Å². The number of carbonyl (C=O) groups excluding carboxylic acids is 1. The number of nitrogens with one attached hydrogen (secondary N) is 1. The Kier molecular flexibility index (Phi) is 8.48. The van der Waals surface area contributed by atoms with Gasteiger partial charge in [0.25, 0.3) is 0 Å². The van der Waals surface area contributed by atoms with E-state index in [1.807, 2.05) is 25.1 Å². The second kappa shape index (κ2) is 11.5. The molecular weight excluding hydrogens is 404 g/mol. The Hall–Kier alpha value is -3.08. The van der Waals surface area contributed by atoms with Gasteiger partial charge in [0, 0.05) is 45.3 Å². The predicted molar refractivity (Wildman–Crippen MR) is 125 cm³/mol. The molecular formula is C25H32N4O3. The van der Waals surface area contributed by atoms with Crippen LogP contribution in [0.1, 0.15) is 36.6 Å². The van der Waals surface area contributed by atoms with Crippen LogP contribution in [0.25, 0.3) is 0 Å². The summed E-state index contributed by atoms with van der Waals surface area (Å²) >= 11 is 0. The van der Waals surface area contributed by atoms with Gasteiger partial charge < -0.3 is 19.7 Å². The number of likely N-dealkylation sites (N-methyl/N-ethyl adjacent to an activating group) is 1. The molecule has 1 unspecified atom stereocenters. The highest BCUT2D eigenvalue weighted by Gasteiger charge is 2.18. The van der Waals surface area contributed by atoms with Crippen molar-refractivity contribution in [2.75, 3.05) is 51.8 Å². The van der Waals surface area contributed by atoms with E-state index in [2.05, 4.69) is 40.4 Å². The molecule has 1 heterocycles. The van der Waals surface area contributed by atoms with Crippen LogP contribution in [0.15, 0.2) is 42.5 Å². The van der Waals surface area contributed by atoms with Crippen molar-refractivity contribution in [3.63, 3.8) is 0 Å². The van der Waals surface area contributed by atoms with E-state index in [4.69, 9.17) is 14.7 Å². The maximum atomic E-state index is 11.5. The lowest BCUT2D eigenvalue weighted by molar-refractivity contribution is -0.141. The zero-order chi connectivity index (χ0) is 22.9. The summed E-state index contributed by atoms with van der Waals surface area (Å²) in [6, 6.07) is 15.4. The summed E-state index contributed by atoms with van der Waals surface area (Å²) in [4.78, 5) is 16.3. The van der Waals surface area contributed by atoms with Crippen molar-refractivity contribution in [1.29, 1.82) is 5.26 Å². The van der Waals surface area contributed by atoms with Gasteiger partial charge in [-0.3, -0.25) is 9.69 Å². The lowest BCUT2D eigenvalue weighted by atomic mass is 10.0. The Morgan fingerprint density at radius 2 is 1.88 bits per heavy atom. The van der Waals surface area contributed by atoms with Gasteiger partial charge in [-0.1, -0.05) is 6.07 Å². The second-order valence-electron chi connectivity index (χ2n) is 8.11. The maximum Gasteiger partial charge on any atom is 0.302 e. The molecule has 1 saturated heterocycles. The van der Waals surface area contributed by atoms with Gasteiger partial charge >= 0.3 is 5.97 Å². The Bertz CT molecular complexity index is 931. The first-order valence-electron chi connectivity index (χ1n) is 11.0. The largest absolute Gasteiger partial charge is 0.494 e. The molecule has 170 valence electrons. The Labute approximate surface area is 190 Å². The summed E-state index contributed by atoms with van der Waals surface area (Å²) in [7, 11) is 2.15. The van der Waals surface area contributed by atoms with E-state index < -0.39 is 0 Å². The third-order valence-electron chi connectivity index (χ3n) is 5.51. The van der Waals surface area contributed by atoms with Gasteiger partial charge in [-0.25, -0.2) is 0 Å². The molecule has 1 aliphatic rings. The highest BCUT2D eigenvalue weighted by Crippen LogP contribution is 2.27. The SMILES string of the molecule is CCOc1cc(CN2CCN(C)CC2)cc(C(COC(C)=O)Nc2ccc(C#N)cc2)c1. The van der Waals surface area contributed by atoms with Crippen LogP contribution in [-0.2, 0) is 16.1 Å². The lowest BCUT2D eigenvalue weighted by Gasteiger charge is -2.32. The fourth-order valence-corrected chi connectivity index (χ4v) is 3.76. The van der Waals surface area contributed by atoms with E-state index in [9.17, 15) is 4.79 Å². The van der Waals surface area contributed by atoms with E-state index >= 15 is 0 Å². The monoisotopic (exact) mass is 436 g/mol. The smallest absolute Gasteiger partial charge is 0.302 e. The Balaban J connectivity index is 1.85. The molecule has 0 radical (unpaired) electrons. The highest BCUT2D eigenvalue weighted by atomic mass is 16.5. The number of anilines is 1. The normalized spacial score (nSPS) is 15.6. The van der Waals surface area contributed by atoms with Crippen LogP contribution in [0.3, 0.4) is 0 Å². The van der Waals surface area contributed by atoms with E-state index in [0.717, 1.165) is 49.7 Å². The molecule has 0 saturated carbocycles. The van der Waals surface area contributed by atoms with Gasteiger partial charge in [-0.2, -0.15) is 5.26 Å².